The molecule has 0 spiro atoms. The van der Waals surface area contributed by atoms with Gasteiger partial charge in [-0.1, -0.05) is 18.2 Å². The van der Waals surface area contributed by atoms with E-state index in [1.807, 2.05) is 56.6 Å². The molecule has 0 saturated carbocycles. The molecule has 0 saturated heterocycles. The predicted octanol–water partition coefficient (Wildman–Crippen LogP) is 2.76. The Morgan fingerprint density at radius 1 is 1.31 bits per heavy atom. The monoisotopic (exact) mass is 216 g/mol. The maximum atomic E-state index is 5.45. The Bertz CT molecular complexity index is 398. The molecular weight excluding hydrogens is 200 g/mol. The van der Waals surface area contributed by atoms with E-state index in [-0.39, 0.29) is 6.23 Å². The number of benzene rings is 1. The lowest BCUT2D eigenvalue weighted by Crippen LogP contribution is -2.24. The number of nitrogens with zero attached hydrogens (tertiary/aromatic N) is 1. The smallest absolute Gasteiger partial charge is 0.192 e. The first-order valence-corrected chi connectivity index (χ1v) is 5.31. The van der Waals surface area contributed by atoms with Gasteiger partial charge in [-0.3, -0.25) is 0 Å². The summed E-state index contributed by atoms with van der Waals surface area (Å²) in [5, 5.41) is 3.20. The van der Waals surface area contributed by atoms with Gasteiger partial charge in [-0.25, -0.2) is 0 Å². The fourth-order valence-electron chi connectivity index (χ4n) is 1.48. The van der Waals surface area contributed by atoms with Crippen LogP contribution in [-0.4, -0.2) is 18.2 Å². The molecule has 0 bridgehead atoms. The first-order valence-electron chi connectivity index (χ1n) is 5.31. The molecule has 1 aromatic rings. The van der Waals surface area contributed by atoms with Crippen LogP contribution in [0.25, 0.3) is 0 Å². The summed E-state index contributed by atoms with van der Waals surface area (Å²) in [5.74, 6) is 0. The zero-order valence-electron chi connectivity index (χ0n) is 9.55. The Morgan fingerprint density at radius 3 is 2.69 bits per heavy atom. The number of likely N-dealkylation sites (N-methyl/N-ethyl adjacent to an activating group) is 1. The van der Waals surface area contributed by atoms with Crippen molar-refractivity contribution in [3.8, 4) is 0 Å². The van der Waals surface area contributed by atoms with E-state index >= 15 is 0 Å². The number of para-hydroxylation sites is 1. The molecule has 1 unspecified atom stereocenters. The van der Waals surface area contributed by atoms with Crippen LogP contribution in [0.15, 0.2) is 54.6 Å². The summed E-state index contributed by atoms with van der Waals surface area (Å²) in [6.07, 6.45) is 5.66. The number of nitrogens with one attached hydrogen (secondary N) is 1. The first kappa shape index (κ1) is 10.6. The van der Waals surface area contributed by atoms with E-state index in [9.17, 15) is 0 Å². The first-order chi connectivity index (χ1) is 7.77. The van der Waals surface area contributed by atoms with Crippen LogP contribution < -0.4 is 5.32 Å². The van der Waals surface area contributed by atoms with Crippen LogP contribution in [0.5, 0.6) is 0 Å². The third-order valence-electron chi connectivity index (χ3n) is 2.60. The van der Waals surface area contributed by atoms with Crippen molar-refractivity contribution in [1.82, 2.24) is 4.90 Å². The van der Waals surface area contributed by atoms with Crippen LogP contribution in [0.2, 0.25) is 0 Å². The molecule has 16 heavy (non-hydrogen) atoms. The highest BCUT2D eigenvalue weighted by atomic mass is 16.5. The van der Waals surface area contributed by atoms with Crippen molar-refractivity contribution in [1.29, 1.82) is 0 Å². The van der Waals surface area contributed by atoms with Gasteiger partial charge in [-0.15, -0.1) is 0 Å². The summed E-state index contributed by atoms with van der Waals surface area (Å²) in [6, 6.07) is 10.0. The van der Waals surface area contributed by atoms with Crippen LogP contribution in [0, 0.1) is 0 Å². The van der Waals surface area contributed by atoms with Gasteiger partial charge in [-0.2, -0.15) is 0 Å². The normalized spacial score (nSPS) is 19.8. The Kier molecular flexibility index (Phi) is 3.15. The molecule has 1 heterocycles. The van der Waals surface area contributed by atoms with Crippen LogP contribution in [-0.2, 0) is 4.74 Å². The minimum absolute atomic E-state index is 0.00351. The lowest BCUT2D eigenvalue weighted by Gasteiger charge is -2.18. The van der Waals surface area contributed by atoms with Gasteiger partial charge in [0.15, 0.2) is 6.23 Å². The summed E-state index contributed by atoms with van der Waals surface area (Å²) in [6.45, 7) is 2.03. The fraction of sp³-hybridized carbons (Fsp3) is 0.231. The summed E-state index contributed by atoms with van der Waals surface area (Å²) < 4.78 is 5.45. The Hall–Kier alpha value is -1.90. The van der Waals surface area contributed by atoms with E-state index in [4.69, 9.17) is 4.74 Å². The molecule has 1 aliphatic heterocycles. The van der Waals surface area contributed by atoms with Gasteiger partial charge in [0.25, 0.3) is 0 Å². The highest BCUT2D eigenvalue weighted by molar-refractivity contribution is 5.44. The van der Waals surface area contributed by atoms with E-state index in [0.717, 1.165) is 11.4 Å². The van der Waals surface area contributed by atoms with Crippen molar-refractivity contribution in [2.45, 2.75) is 13.2 Å². The molecule has 84 valence electrons. The Morgan fingerprint density at radius 2 is 2.06 bits per heavy atom. The molecule has 1 N–H and O–H groups in total. The molecule has 3 nitrogen and oxygen atoms in total. The minimum Gasteiger partial charge on any atom is -0.473 e. The SMILES string of the molecule is CC1=COC(C=CNc2ccccc2)N1C. The third kappa shape index (κ3) is 2.37. The van der Waals surface area contributed by atoms with Gasteiger partial charge < -0.3 is 15.0 Å². The molecule has 0 fully saturated rings. The Labute approximate surface area is 96.0 Å². The van der Waals surface area contributed by atoms with E-state index in [0.29, 0.717) is 0 Å². The van der Waals surface area contributed by atoms with Gasteiger partial charge in [0.1, 0.15) is 6.26 Å². The zero-order chi connectivity index (χ0) is 11.4. The lowest BCUT2D eigenvalue weighted by atomic mass is 10.3. The molecule has 1 aromatic carbocycles. The number of ether oxygens (including phenoxy) is 1. The molecule has 1 atom stereocenters. The van der Waals surface area contributed by atoms with Crippen LogP contribution in [0.1, 0.15) is 6.92 Å². The van der Waals surface area contributed by atoms with Crippen molar-refractivity contribution in [3.05, 3.63) is 54.6 Å². The van der Waals surface area contributed by atoms with Gasteiger partial charge in [-0.05, 0) is 25.1 Å². The van der Waals surface area contributed by atoms with E-state index in [1.54, 1.807) is 6.26 Å². The molecule has 0 amide bonds. The molecule has 0 radical (unpaired) electrons. The van der Waals surface area contributed by atoms with Gasteiger partial charge in [0.05, 0.1) is 0 Å². The average Bonchev–Trinajstić information content (AvgIpc) is 2.62. The summed E-state index contributed by atoms with van der Waals surface area (Å²) in [7, 11) is 2.01. The Balaban J connectivity index is 1.87. The summed E-state index contributed by atoms with van der Waals surface area (Å²) >= 11 is 0. The zero-order valence-corrected chi connectivity index (χ0v) is 9.55. The number of rotatable bonds is 3. The third-order valence-corrected chi connectivity index (χ3v) is 2.60. The van der Waals surface area contributed by atoms with Gasteiger partial charge in [0, 0.05) is 24.6 Å². The second kappa shape index (κ2) is 4.75. The quantitative estimate of drug-likeness (QED) is 0.840. The predicted molar refractivity (Wildman–Crippen MR) is 65.6 cm³/mol. The largest absolute Gasteiger partial charge is 0.473 e. The minimum atomic E-state index is -0.00351. The molecule has 0 aliphatic carbocycles. The standard InChI is InChI=1S/C13H16N2O/c1-11-10-16-13(15(11)2)8-9-14-12-6-4-3-5-7-12/h3-10,13-14H,1-2H3. The van der Waals surface area contributed by atoms with Crippen molar-refractivity contribution < 1.29 is 4.74 Å². The van der Waals surface area contributed by atoms with E-state index < -0.39 is 0 Å². The molecule has 2 rings (SSSR count). The van der Waals surface area contributed by atoms with Crippen LogP contribution in [0.4, 0.5) is 5.69 Å². The molecule has 1 aliphatic rings. The number of allylic oxidation sites excluding steroid dienone is 1. The summed E-state index contributed by atoms with van der Waals surface area (Å²) in [4.78, 5) is 2.07. The number of hydrogen-bond acceptors (Lipinski definition) is 3. The van der Waals surface area contributed by atoms with Crippen molar-refractivity contribution in [2.75, 3.05) is 12.4 Å². The second-order valence-corrected chi connectivity index (χ2v) is 3.77. The molecule has 3 heteroatoms. The highest BCUT2D eigenvalue weighted by Crippen LogP contribution is 2.17. The lowest BCUT2D eigenvalue weighted by molar-refractivity contribution is 0.113. The van der Waals surface area contributed by atoms with Gasteiger partial charge in [0.2, 0.25) is 0 Å². The van der Waals surface area contributed by atoms with Crippen molar-refractivity contribution in [2.24, 2.45) is 0 Å². The molecule has 0 aromatic heterocycles. The van der Waals surface area contributed by atoms with E-state index in [2.05, 4.69) is 10.2 Å². The maximum Gasteiger partial charge on any atom is 0.192 e. The molecular formula is C13H16N2O. The van der Waals surface area contributed by atoms with Crippen molar-refractivity contribution >= 4 is 5.69 Å². The number of hydrogen-bond donors (Lipinski definition) is 1. The van der Waals surface area contributed by atoms with Crippen LogP contribution in [0.3, 0.4) is 0 Å². The maximum absolute atomic E-state index is 5.45. The summed E-state index contributed by atoms with van der Waals surface area (Å²) in [5.41, 5.74) is 2.21. The van der Waals surface area contributed by atoms with E-state index in [1.165, 1.54) is 0 Å². The average molecular weight is 216 g/mol. The highest BCUT2D eigenvalue weighted by Gasteiger charge is 2.17. The topological polar surface area (TPSA) is 24.5 Å². The van der Waals surface area contributed by atoms with Crippen LogP contribution >= 0.6 is 0 Å². The van der Waals surface area contributed by atoms with Gasteiger partial charge >= 0.3 is 0 Å². The van der Waals surface area contributed by atoms with Crippen molar-refractivity contribution in [3.63, 3.8) is 0 Å². The second-order valence-electron chi connectivity index (χ2n) is 3.77. The fourth-order valence-corrected chi connectivity index (χ4v) is 1.48. The number of anilines is 1.